The predicted molar refractivity (Wildman–Crippen MR) is 82.0 cm³/mol. The molecule has 0 atom stereocenters. The van der Waals surface area contributed by atoms with Crippen LogP contribution >= 0.6 is 22.9 Å². The Hall–Kier alpha value is -1.91. The number of aldehydes is 1. The average molecular weight is 303 g/mol. The molecule has 100 valence electrons. The van der Waals surface area contributed by atoms with E-state index in [1.807, 2.05) is 31.2 Å². The summed E-state index contributed by atoms with van der Waals surface area (Å²) in [7, 11) is 0. The zero-order chi connectivity index (χ0) is 14.1. The van der Waals surface area contributed by atoms with Crippen molar-refractivity contribution in [2.45, 2.75) is 6.92 Å². The van der Waals surface area contributed by atoms with Gasteiger partial charge in [0.15, 0.2) is 6.29 Å². The number of hydrogen-bond acceptors (Lipinski definition) is 3. The fraction of sp³-hybridized carbons (Fsp3) is 0.0667. The van der Waals surface area contributed by atoms with Gasteiger partial charge in [-0.2, -0.15) is 5.10 Å². The summed E-state index contributed by atoms with van der Waals surface area (Å²) in [6.07, 6.45) is 2.57. The quantitative estimate of drug-likeness (QED) is 0.673. The average Bonchev–Trinajstić information content (AvgIpc) is 3.05. The number of aromatic nitrogens is 2. The Morgan fingerprint density at radius 3 is 2.55 bits per heavy atom. The summed E-state index contributed by atoms with van der Waals surface area (Å²) in [5.74, 6) is 0. The van der Waals surface area contributed by atoms with Gasteiger partial charge in [0.05, 0.1) is 16.1 Å². The molecule has 5 heteroatoms. The summed E-state index contributed by atoms with van der Waals surface area (Å²) in [5.41, 5.74) is 2.17. The normalized spacial score (nSPS) is 10.7. The zero-order valence-electron chi connectivity index (χ0n) is 10.7. The SMILES string of the molecule is Cc1ccc(-c2nn(-c3ccc(Cl)cc3)cc2C=O)s1. The van der Waals surface area contributed by atoms with E-state index in [-0.39, 0.29) is 0 Å². The molecular formula is C15H11ClN2OS. The molecule has 2 heterocycles. The van der Waals surface area contributed by atoms with Crippen LogP contribution in [-0.2, 0) is 0 Å². The highest BCUT2D eigenvalue weighted by molar-refractivity contribution is 7.15. The van der Waals surface area contributed by atoms with Crippen molar-refractivity contribution < 1.29 is 4.79 Å². The van der Waals surface area contributed by atoms with Crippen LogP contribution in [0.1, 0.15) is 15.2 Å². The second kappa shape index (κ2) is 5.23. The first kappa shape index (κ1) is 13.1. The predicted octanol–water partition coefficient (Wildman–Crippen LogP) is 4.38. The largest absolute Gasteiger partial charge is 0.298 e. The third-order valence-electron chi connectivity index (χ3n) is 2.93. The number of carbonyl (C=O) groups is 1. The minimum absolute atomic E-state index is 0.585. The topological polar surface area (TPSA) is 34.9 Å². The van der Waals surface area contributed by atoms with Crippen molar-refractivity contribution in [3.8, 4) is 16.3 Å². The van der Waals surface area contributed by atoms with Crippen LogP contribution in [0.25, 0.3) is 16.3 Å². The van der Waals surface area contributed by atoms with Crippen molar-refractivity contribution in [2.75, 3.05) is 0 Å². The molecule has 3 aromatic rings. The van der Waals surface area contributed by atoms with Gasteiger partial charge in [-0.3, -0.25) is 4.79 Å². The Balaban J connectivity index is 2.09. The molecule has 3 nitrogen and oxygen atoms in total. The Kier molecular flexibility index (Phi) is 3.42. The summed E-state index contributed by atoms with van der Waals surface area (Å²) in [6, 6.07) is 11.3. The summed E-state index contributed by atoms with van der Waals surface area (Å²) in [4.78, 5) is 13.4. The van der Waals surface area contributed by atoms with Gasteiger partial charge in [0.2, 0.25) is 0 Å². The highest BCUT2D eigenvalue weighted by Gasteiger charge is 2.13. The lowest BCUT2D eigenvalue weighted by atomic mass is 10.2. The highest BCUT2D eigenvalue weighted by Crippen LogP contribution is 2.29. The Morgan fingerprint density at radius 2 is 1.95 bits per heavy atom. The fourth-order valence-electron chi connectivity index (χ4n) is 1.95. The second-order valence-corrected chi connectivity index (χ2v) is 6.11. The van der Waals surface area contributed by atoms with Crippen LogP contribution in [-0.4, -0.2) is 16.1 Å². The van der Waals surface area contributed by atoms with E-state index in [1.165, 1.54) is 4.88 Å². The Bertz CT molecular complexity index is 759. The molecule has 0 saturated heterocycles. The van der Waals surface area contributed by atoms with Gasteiger partial charge in [0.25, 0.3) is 0 Å². The molecule has 1 aromatic carbocycles. The third-order valence-corrected chi connectivity index (χ3v) is 4.19. The molecule has 0 fully saturated rings. The minimum Gasteiger partial charge on any atom is -0.298 e. The van der Waals surface area contributed by atoms with Gasteiger partial charge in [-0.1, -0.05) is 11.6 Å². The third kappa shape index (κ3) is 2.40. The first-order valence-electron chi connectivity index (χ1n) is 6.05. The van der Waals surface area contributed by atoms with Gasteiger partial charge in [-0.25, -0.2) is 4.68 Å². The second-order valence-electron chi connectivity index (χ2n) is 4.38. The van der Waals surface area contributed by atoms with Crippen molar-refractivity contribution in [1.29, 1.82) is 0 Å². The molecule has 0 aliphatic carbocycles. The van der Waals surface area contributed by atoms with E-state index in [2.05, 4.69) is 5.10 Å². The summed E-state index contributed by atoms with van der Waals surface area (Å²) >= 11 is 7.50. The maximum Gasteiger partial charge on any atom is 0.153 e. The first-order valence-corrected chi connectivity index (χ1v) is 7.24. The molecule has 0 bridgehead atoms. The van der Waals surface area contributed by atoms with E-state index in [4.69, 9.17) is 11.6 Å². The van der Waals surface area contributed by atoms with Gasteiger partial charge in [0, 0.05) is 16.1 Å². The molecule has 0 radical (unpaired) electrons. The van der Waals surface area contributed by atoms with Crippen LogP contribution in [0.4, 0.5) is 0 Å². The highest BCUT2D eigenvalue weighted by atomic mass is 35.5. The molecule has 0 N–H and O–H groups in total. The van der Waals surface area contributed by atoms with Crippen LogP contribution in [0.3, 0.4) is 0 Å². The molecule has 20 heavy (non-hydrogen) atoms. The smallest absolute Gasteiger partial charge is 0.153 e. The molecular weight excluding hydrogens is 292 g/mol. The van der Waals surface area contributed by atoms with E-state index in [1.54, 1.807) is 34.3 Å². The fourth-order valence-corrected chi connectivity index (χ4v) is 2.95. The standard InChI is InChI=1S/C15H11ClN2OS/c1-10-2-7-14(20-10)15-11(9-19)8-18(17-15)13-5-3-12(16)4-6-13/h2-9H,1H3. The van der Waals surface area contributed by atoms with Crippen molar-refractivity contribution in [3.63, 3.8) is 0 Å². The van der Waals surface area contributed by atoms with Gasteiger partial charge in [-0.05, 0) is 43.3 Å². The molecule has 3 rings (SSSR count). The lowest BCUT2D eigenvalue weighted by Crippen LogP contribution is -1.93. The van der Waals surface area contributed by atoms with E-state index >= 15 is 0 Å². The van der Waals surface area contributed by atoms with Crippen molar-refractivity contribution in [1.82, 2.24) is 9.78 Å². The van der Waals surface area contributed by atoms with Crippen LogP contribution < -0.4 is 0 Å². The zero-order valence-corrected chi connectivity index (χ0v) is 12.3. The van der Waals surface area contributed by atoms with Crippen LogP contribution in [0.15, 0.2) is 42.6 Å². The van der Waals surface area contributed by atoms with Crippen molar-refractivity contribution in [2.24, 2.45) is 0 Å². The number of nitrogens with zero attached hydrogens (tertiary/aromatic N) is 2. The van der Waals surface area contributed by atoms with E-state index in [9.17, 15) is 4.79 Å². The van der Waals surface area contributed by atoms with Gasteiger partial charge in [0.1, 0.15) is 5.69 Å². The van der Waals surface area contributed by atoms with E-state index < -0.39 is 0 Å². The molecule has 0 spiro atoms. The number of hydrogen-bond donors (Lipinski definition) is 0. The number of thiophene rings is 1. The van der Waals surface area contributed by atoms with Gasteiger partial charge < -0.3 is 0 Å². The summed E-state index contributed by atoms with van der Waals surface area (Å²) in [6.45, 7) is 2.03. The summed E-state index contributed by atoms with van der Waals surface area (Å²) < 4.78 is 1.70. The lowest BCUT2D eigenvalue weighted by Gasteiger charge is -2.00. The summed E-state index contributed by atoms with van der Waals surface area (Å²) in [5, 5.41) is 5.19. The maximum absolute atomic E-state index is 11.2. The van der Waals surface area contributed by atoms with E-state index in [0.717, 1.165) is 16.9 Å². The molecule has 0 aliphatic rings. The van der Waals surface area contributed by atoms with Gasteiger partial charge >= 0.3 is 0 Å². The Morgan fingerprint density at radius 1 is 1.20 bits per heavy atom. The molecule has 0 saturated carbocycles. The van der Waals surface area contributed by atoms with E-state index in [0.29, 0.717) is 16.3 Å². The first-order chi connectivity index (χ1) is 9.67. The number of carbonyl (C=O) groups excluding carboxylic acids is 1. The minimum atomic E-state index is 0.585. The number of benzene rings is 1. The molecule has 0 aliphatic heterocycles. The van der Waals surface area contributed by atoms with Crippen LogP contribution in [0, 0.1) is 6.92 Å². The monoisotopic (exact) mass is 302 g/mol. The van der Waals surface area contributed by atoms with Gasteiger partial charge in [-0.15, -0.1) is 11.3 Å². The van der Waals surface area contributed by atoms with Crippen LogP contribution in [0.2, 0.25) is 5.02 Å². The molecule has 0 unspecified atom stereocenters. The molecule has 0 amide bonds. The molecule has 2 aromatic heterocycles. The van der Waals surface area contributed by atoms with Crippen molar-refractivity contribution >= 4 is 29.2 Å². The maximum atomic E-state index is 11.2. The van der Waals surface area contributed by atoms with Crippen molar-refractivity contribution in [3.05, 3.63) is 58.1 Å². The number of aryl methyl sites for hydroxylation is 1. The lowest BCUT2D eigenvalue weighted by molar-refractivity contribution is 0.112. The number of halogens is 1. The van der Waals surface area contributed by atoms with Crippen LogP contribution in [0.5, 0.6) is 0 Å². The Labute approximate surface area is 125 Å². The number of rotatable bonds is 3.